The van der Waals surface area contributed by atoms with Crippen molar-refractivity contribution in [2.24, 2.45) is 0 Å². The first-order valence-corrected chi connectivity index (χ1v) is 6.53. The zero-order valence-corrected chi connectivity index (χ0v) is 10.8. The molecule has 0 bridgehead atoms. The van der Waals surface area contributed by atoms with Crippen LogP contribution in [0.4, 0.5) is 0 Å². The molecule has 1 N–H and O–H groups in total. The third-order valence-corrected chi connectivity index (χ3v) is 3.51. The molecule has 1 fully saturated rings. The molecule has 0 aliphatic carbocycles. The number of hydrogen-bond acceptors (Lipinski definition) is 3. The van der Waals surface area contributed by atoms with Crippen molar-refractivity contribution in [1.82, 2.24) is 20.1 Å². The van der Waals surface area contributed by atoms with Crippen molar-refractivity contribution in [3.05, 3.63) is 36.2 Å². The molecule has 98 valence electrons. The van der Waals surface area contributed by atoms with Gasteiger partial charge in [0, 0.05) is 18.5 Å². The second-order valence-corrected chi connectivity index (χ2v) is 4.78. The normalized spacial score (nSPS) is 16.9. The van der Waals surface area contributed by atoms with Gasteiger partial charge in [-0.1, -0.05) is 30.3 Å². The van der Waals surface area contributed by atoms with Crippen molar-refractivity contribution in [3.63, 3.8) is 0 Å². The Hall–Kier alpha value is -2.17. The van der Waals surface area contributed by atoms with Gasteiger partial charge in [0.05, 0.1) is 6.04 Å². The second kappa shape index (κ2) is 4.84. The number of hydrogen-bond donors (Lipinski definition) is 1. The highest BCUT2D eigenvalue weighted by molar-refractivity contribution is 5.78. The summed E-state index contributed by atoms with van der Waals surface area (Å²) in [6, 6.07) is 9.78. The number of amides is 1. The van der Waals surface area contributed by atoms with Crippen molar-refractivity contribution in [2.75, 3.05) is 6.54 Å². The first-order chi connectivity index (χ1) is 9.25. The third-order valence-electron chi connectivity index (χ3n) is 3.51. The van der Waals surface area contributed by atoms with Crippen LogP contribution in [0.3, 0.4) is 0 Å². The summed E-state index contributed by atoms with van der Waals surface area (Å²) in [5, 5.41) is 7.18. The maximum atomic E-state index is 11.7. The van der Waals surface area contributed by atoms with Crippen LogP contribution in [-0.4, -0.2) is 32.5 Å². The van der Waals surface area contributed by atoms with Gasteiger partial charge in [0.2, 0.25) is 5.91 Å². The quantitative estimate of drug-likeness (QED) is 0.915. The van der Waals surface area contributed by atoms with E-state index in [4.69, 9.17) is 0 Å². The largest absolute Gasteiger partial charge is 0.333 e. The zero-order chi connectivity index (χ0) is 13.2. The van der Waals surface area contributed by atoms with Crippen LogP contribution in [0.2, 0.25) is 0 Å². The van der Waals surface area contributed by atoms with Crippen molar-refractivity contribution in [2.45, 2.75) is 25.8 Å². The van der Waals surface area contributed by atoms with Crippen LogP contribution >= 0.6 is 0 Å². The molecule has 1 aromatic carbocycles. The molecule has 19 heavy (non-hydrogen) atoms. The lowest BCUT2D eigenvalue weighted by Crippen LogP contribution is -2.28. The molecule has 1 amide bonds. The van der Waals surface area contributed by atoms with Gasteiger partial charge >= 0.3 is 0 Å². The van der Waals surface area contributed by atoms with Crippen molar-refractivity contribution >= 4 is 5.91 Å². The number of H-pyrrole nitrogens is 1. The lowest BCUT2D eigenvalue weighted by molar-refractivity contribution is -0.129. The van der Waals surface area contributed by atoms with Crippen LogP contribution < -0.4 is 0 Å². The van der Waals surface area contributed by atoms with E-state index < -0.39 is 0 Å². The Morgan fingerprint density at radius 1 is 1.32 bits per heavy atom. The predicted molar refractivity (Wildman–Crippen MR) is 71.2 cm³/mol. The summed E-state index contributed by atoms with van der Waals surface area (Å²) >= 11 is 0. The van der Waals surface area contributed by atoms with Gasteiger partial charge in [-0.25, -0.2) is 4.98 Å². The molecule has 0 radical (unpaired) electrons. The fourth-order valence-electron chi connectivity index (χ4n) is 2.40. The number of carbonyl (C=O) groups is 1. The van der Waals surface area contributed by atoms with E-state index in [1.54, 1.807) is 0 Å². The van der Waals surface area contributed by atoms with Crippen LogP contribution in [0, 0.1) is 0 Å². The van der Waals surface area contributed by atoms with Crippen LogP contribution in [-0.2, 0) is 4.79 Å². The third kappa shape index (κ3) is 2.23. The molecular weight excluding hydrogens is 240 g/mol. The molecule has 2 heterocycles. The number of aromatic amines is 1. The van der Waals surface area contributed by atoms with E-state index in [1.807, 2.05) is 42.2 Å². The summed E-state index contributed by atoms with van der Waals surface area (Å²) in [6.45, 7) is 2.79. The van der Waals surface area contributed by atoms with Crippen LogP contribution in [0.25, 0.3) is 11.4 Å². The van der Waals surface area contributed by atoms with Crippen molar-refractivity contribution in [1.29, 1.82) is 0 Å². The van der Waals surface area contributed by atoms with E-state index >= 15 is 0 Å². The van der Waals surface area contributed by atoms with Gasteiger partial charge in [-0.05, 0) is 13.3 Å². The molecular formula is C14H16N4O. The van der Waals surface area contributed by atoms with Gasteiger partial charge in [0.15, 0.2) is 5.82 Å². The Morgan fingerprint density at radius 3 is 2.79 bits per heavy atom. The fourth-order valence-corrected chi connectivity index (χ4v) is 2.40. The van der Waals surface area contributed by atoms with Gasteiger partial charge in [0.25, 0.3) is 0 Å². The van der Waals surface area contributed by atoms with Crippen molar-refractivity contribution in [3.8, 4) is 11.4 Å². The molecule has 5 heteroatoms. The van der Waals surface area contributed by atoms with Crippen LogP contribution in [0.15, 0.2) is 30.3 Å². The Labute approximate surface area is 111 Å². The topological polar surface area (TPSA) is 61.9 Å². The predicted octanol–water partition coefficient (Wildman–Crippen LogP) is 2.16. The average Bonchev–Trinajstić information content (AvgIpc) is 3.08. The molecule has 1 aromatic heterocycles. The maximum absolute atomic E-state index is 11.7. The number of nitrogens with zero attached hydrogens (tertiary/aromatic N) is 3. The van der Waals surface area contributed by atoms with E-state index in [2.05, 4.69) is 15.2 Å². The summed E-state index contributed by atoms with van der Waals surface area (Å²) < 4.78 is 0. The number of carbonyl (C=O) groups excluding carboxylic acids is 1. The highest BCUT2D eigenvalue weighted by Crippen LogP contribution is 2.24. The van der Waals surface area contributed by atoms with Gasteiger partial charge < -0.3 is 4.90 Å². The van der Waals surface area contributed by atoms with Crippen molar-refractivity contribution < 1.29 is 4.79 Å². The minimum absolute atomic E-state index is 0.0417. The van der Waals surface area contributed by atoms with Crippen LogP contribution in [0.1, 0.15) is 31.6 Å². The number of nitrogens with one attached hydrogen (secondary N) is 1. The van der Waals surface area contributed by atoms with E-state index in [-0.39, 0.29) is 11.9 Å². The fraction of sp³-hybridized carbons (Fsp3) is 0.357. The van der Waals surface area contributed by atoms with Gasteiger partial charge in [-0.3, -0.25) is 9.89 Å². The van der Waals surface area contributed by atoms with E-state index in [0.717, 1.165) is 24.4 Å². The summed E-state index contributed by atoms with van der Waals surface area (Å²) in [5.74, 6) is 1.62. The highest BCUT2D eigenvalue weighted by Gasteiger charge is 2.27. The summed E-state index contributed by atoms with van der Waals surface area (Å²) in [5.41, 5.74) is 0.977. The summed E-state index contributed by atoms with van der Waals surface area (Å²) in [4.78, 5) is 18.1. The Bertz CT molecular complexity index is 578. The minimum atomic E-state index is -0.0417. The van der Waals surface area contributed by atoms with Gasteiger partial charge in [-0.15, -0.1) is 0 Å². The number of aromatic nitrogens is 3. The molecule has 1 aliphatic rings. The van der Waals surface area contributed by atoms with Gasteiger partial charge in [0.1, 0.15) is 5.82 Å². The highest BCUT2D eigenvalue weighted by atomic mass is 16.2. The number of benzene rings is 1. The summed E-state index contributed by atoms with van der Waals surface area (Å²) in [6.07, 6.45) is 1.58. The first-order valence-electron chi connectivity index (χ1n) is 6.53. The van der Waals surface area contributed by atoms with E-state index in [0.29, 0.717) is 12.2 Å². The molecule has 1 saturated heterocycles. The van der Waals surface area contributed by atoms with Crippen LogP contribution in [0.5, 0.6) is 0 Å². The molecule has 0 spiro atoms. The molecule has 1 atom stereocenters. The summed E-state index contributed by atoms with van der Waals surface area (Å²) in [7, 11) is 0. The monoisotopic (exact) mass is 256 g/mol. The van der Waals surface area contributed by atoms with E-state index in [9.17, 15) is 4.79 Å². The van der Waals surface area contributed by atoms with E-state index in [1.165, 1.54) is 0 Å². The minimum Gasteiger partial charge on any atom is -0.333 e. The SMILES string of the molecule is C[C@H](c1nc(-c2ccccc2)n[nH]1)N1CCCC1=O. The lowest BCUT2D eigenvalue weighted by atomic mass is 10.2. The first kappa shape index (κ1) is 11.9. The van der Waals surface area contributed by atoms with Gasteiger partial charge in [-0.2, -0.15) is 5.10 Å². The number of likely N-dealkylation sites (tertiary alicyclic amines) is 1. The average molecular weight is 256 g/mol. The molecule has 2 aromatic rings. The Balaban J connectivity index is 1.83. The number of rotatable bonds is 3. The molecule has 3 rings (SSSR count). The lowest BCUT2D eigenvalue weighted by Gasteiger charge is -2.21. The Kier molecular flexibility index (Phi) is 3.03. The second-order valence-electron chi connectivity index (χ2n) is 4.78. The maximum Gasteiger partial charge on any atom is 0.223 e. The standard InChI is InChI=1S/C14H16N4O/c1-10(18-9-5-8-12(18)19)13-15-14(17-16-13)11-6-3-2-4-7-11/h2-4,6-7,10H,5,8-9H2,1H3,(H,15,16,17)/t10-/m1/s1. The zero-order valence-electron chi connectivity index (χ0n) is 10.8. The smallest absolute Gasteiger partial charge is 0.223 e. The molecule has 0 unspecified atom stereocenters. The Morgan fingerprint density at radius 2 is 2.11 bits per heavy atom. The molecule has 5 nitrogen and oxygen atoms in total. The molecule has 1 aliphatic heterocycles. The molecule has 0 saturated carbocycles.